The van der Waals surface area contributed by atoms with E-state index in [1.54, 1.807) is 0 Å². The van der Waals surface area contributed by atoms with Crippen LogP contribution in [0.4, 0.5) is 15.8 Å². The summed E-state index contributed by atoms with van der Waals surface area (Å²) in [5, 5.41) is 5.26. The van der Waals surface area contributed by atoms with E-state index in [-0.39, 0.29) is 23.9 Å². The van der Waals surface area contributed by atoms with E-state index in [4.69, 9.17) is 0 Å². The maximum Gasteiger partial charge on any atom is 0.228 e. The highest BCUT2D eigenvalue weighted by Gasteiger charge is 2.10. The van der Waals surface area contributed by atoms with Crippen molar-refractivity contribution in [2.45, 2.75) is 32.6 Å². The molecule has 0 radical (unpaired) electrons. The van der Waals surface area contributed by atoms with Crippen LogP contribution in [0.15, 0.2) is 48.5 Å². The summed E-state index contributed by atoms with van der Waals surface area (Å²) in [6.45, 7) is 2.01. The Hall–Kier alpha value is -2.69. The molecule has 0 saturated heterocycles. The van der Waals surface area contributed by atoms with E-state index < -0.39 is 5.82 Å². The number of unbranched alkanes of at least 4 members (excludes halogenated alkanes) is 1. The van der Waals surface area contributed by atoms with Gasteiger partial charge >= 0.3 is 0 Å². The van der Waals surface area contributed by atoms with Gasteiger partial charge in [-0.2, -0.15) is 0 Å². The van der Waals surface area contributed by atoms with Crippen LogP contribution in [-0.4, -0.2) is 11.8 Å². The topological polar surface area (TPSA) is 58.2 Å². The average molecular weight is 328 g/mol. The van der Waals surface area contributed by atoms with Crippen LogP contribution in [0.1, 0.15) is 31.7 Å². The Balaban J connectivity index is 2.00. The lowest BCUT2D eigenvalue weighted by atomic mass is 10.1. The first-order valence-electron chi connectivity index (χ1n) is 8.01. The average Bonchev–Trinajstić information content (AvgIpc) is 2.57. The Bertz CT molecular complexity index is 702. The lowest BCUT2D eigenvalue weighted by Crippen LogP contribution is -2.16. The number of carbonyl (C=O) groups is 2. The third-order valence-electron chi connectivity index (χ3n) is 3.49. The molecule has 0 heterocycles. The highest BCUT2D eigenvalue weighted by atomic mass is 19.1. The minimum Gasteiger partial charge on any atom is -0.326 e. The van der Waals surface area contributed by atoms with Crippen molar-refractivity contribution in [3.05, 3.63) is 59.9 Å². The summed E-state index contributed by atoms with van der Waals surface area (Å²) in [6.07, 6.45) is 2.31. The van der Waals surface area contributed by atoms with Gasteiger partial charge in [0.2, 0.25) is 11.8 Å². The summed E-state index contributed by atoms with van der Waals surface area (Å²) in [7, 11) is 0. The maximum atomic E-state index is 13.9. The van der Waals surface area contributed by atoms with Gasteiger partial charge in [-0.15, -0.1) is 0 Å². The Morgan fingerprint density at radius 1 is 1.00 bits per heavy atom. The van der Waals surface area contributed by atoms with E-state index in [2.05, 4.69) is 10.6 Å². The van der Waals surface area contributed by atoms with Crippen molar-refractivity contribution in [3.8, 4) is 0 Å². The fourth-order valence-corrected chi connectivity index (χ4v) is 2.24. The SMILES string of the molecule is CCCCC(=O)Nc1ccc(F)c(NC(=O)Cc2ccccc2)c1. The number of hydrogen-bond donors (Lipinski definition) is 2. The molecular weight excluding hydrogens is 307 g/mol. The van der Waals surface area contributed by atoms with Crippen molar-refractivity contribution in [3.63, 3.8) is 0 Å². The van der Waals surface area contributed by atoms with Gasteiger partial charge in [-0.1, -0.05) is 43.7 Å². The number of carbonyl (C=O) groups excluding carboxylic acids is 2. The molecule has 0 saturated carbocycles. The molecule has 0 atom stereocenters. The van der Waals surface area contributed by atoms with Gasteiger partial charge in [0.05, 0.1) is 12.1 Å². The molecule has 0 spiro atoms. The number of rotatable bonds is 7. The second-order valence-electron chi connectivity index (χ2n) is 5.56. The Morgan fingerprint density at radius 3 is 2.46 bits per heavy atom. The number of anilines is 2. The lowest BCUT2D eigenvalue weighted by molar-refractivity contribution is -0.116. The number of benzene rings is 2. The Kier molecular flexibility index (Phi) is 6.49. The number of hydrogen-bond acceptors (Lipinski definition) is 2. The highest BCUT2D eigenvalue weighted by molar-refractivity contribution is 5.95. The van der Waals surface area contributed by atoms with E-state index in [9.17, 15) is 14.0 Å². The summed E-state index contributed by atoms with van der Waals surface area (Å²) in [6, 6.07) is 13.4. The second-order valence-corrected chi connectivity index (χ2v) is 5.56. The molecule has 4 nitrogen and oxygen atoms in total. The predicted octanol–water partition coefficient (Wildman–Crippen LogP) is 4.14. The fraction of sp³-hybridized carbons (Fsp3) is 0.263. The van der Waals surface area contributed by atoms with Gasteiger partial charge in [0.15, 0.2) is 0 Å². The summed E-state index contributed by atoms with van der Waals surface area (Å²) in [4.78, 5) is 23.8. The third kappa shape index (κ3) is 5.50. The molecule has 0 fully saturated rings. The van der Waals surface area contributed by atoms with Crippen LogP contribution in [0.25, 0.3) is 0 Å². The standard InChI is InChI=1S/C19H21FN2O2/c1-2-3-9-18(23)21-15-10-11-16(20)17(13-15)22-19(24)12-14-7-5-4-6-8-14/h4-8,10-11,13H,2-3,9,12H2,1H3,(H,21,23)(H,22,24). The van der Waals surface area contributed by atoms with E-state index in [0.29, 0.717) is 12.1 Å². The molecule has 24 heavy (non-hydrogen) atoms. The van der Waals surface area contributed by atoms with Crippen molar-refractivity contribution in [2.75, 3.05) is 10.6 Å². The summed E-state index contributed by atoms with van der Waals surface area (Å²) in [5.74, 6) is -0.970. The zero-order valence-corrected chi connectivity index (χ0v) is 13.6. The first-order valence-corrected chi connectivity index (χ1v) is 8.01. The molecule has 2 amide bonds. The summed E-state index contributed by atoms with van der Waals surface area (Å²) >= 11 is 0. The van der Waals surface area contributed by atoms with Gasteiger partial charge in [0, 0.05) is 12.1 Å². The Labute approximate surface area is 141 Å². The largest absolute Gasteiger partial charge is 0.326 e. The molecule has 0 aliphatic carbocycles. The van der Waals surface area contributed by atoms with Crippen LogP contribution in [0.3, 0.4) is 0 Å². The molecule has 0 aliphatic heterocycles. The van der Waals surface area contributed by atoms with Crippen molar-refractivity contribution in [2.24, 2.45) is 0 Å². The first kappa shape index (κ1) is 17.7. The molecule has 0 unspecified atom stereocenters. The van der Waals surface area contributed by atoms with E-state index >= 15 is 0 Å². The maximum absolute atomic E-state index is 13.9. The smallest absolute Gasteiger partial charge is 0.228 e. The fourth-order valence-electron chi connectivity index (χ4n) is 2.24. The van der Waals surface area contributed by atoms with Gasteiger partial charge in [-0.05, 0) is 30.2 Å². The molecule has 0 aliphatic rings. The Morgan fingerprint density at radius 2 is 1.75 bits per heavy atom. The van der Waals surface area contributed by atoms with E-state index in [1.807, 2.05) is 37.3 Å². The van der Waals surface area contributed by atoms with Gasteiger partial charge in [0.25, 0.3) is 0 Å². The zero-order chi connectivity index (χ0) is 17.4. The minimum atomic E-state index is -0.539. The van der Waals surface area contributed by atoms with E-state index in [1.165, 1.54) is 18.2 Å². The van der Waals surface area contributed by atoms with Crippen LogP contribution >= 0.6 is 0 Å². The zero-order valence-electron chi connectivity index (χ0n) is 13.6. The van der Waals surface area contributed by atoms with Crippen molar-refractivity contribution in [1.82, 2.24) is 0 Å². The highest BCUT2D eigenvalue weighted by Crippen LogP contribution is 2.20. The van der Waals surface area contributed by atoms with Gasteiger partial charge in [0.1, 0.15) is 5.82 Å². The van der Waals surface area contributed by atoms with Gasteiger partial charge in [-0.3, -0.25) is 9.59 Å². The van der Waals surface area contributed by atoms with Crippen LogP contribution in [0, 0.1) is 5.82 Å². The first-order chi connectivity index (χ1) is 11.6. The summed E-state index contributed by atoms with van der Waals surface area (Å²) < 4.78 is 13.9. The van der Waals surface area contributed by atoms with Crippen molar-refractivity contribution >= 4 is 23.2 Å². The van der Waals surface area contributed by atoms with Crippen LogP contribution in [-0.2, 0) is 16.0 Å². The third-order valence-corrected chi connectivity index (χ3v) is 3.49. The monoisotopic (exact) mass is 328 g/mol. The molecular formula is C19H21FN2O2. The number of amides is 2. The minimum absolute atomic E-state index is 0.0595. The molecule has 2 rings (SSSR count). The molecule has 5 heteroatoms. The lowest BCUT2D eigenvalue weighted by Gasteiger charge is -2.10. The molecule has 2 aromatic carbocycles. The van der Waals surface area contributed by atoms with Crippen molar-refractivity contribution < 1.29 is 14.0 Å². The quantitative estimate of drug-likeness (QED) is 0.802. The number of halogens is 1. The molecule has 0 bridgehead atoms. The molecule has 2 aromatic rings. The van der Waals surface area contributed by atoms with Crippen molar-refractivity contribution in [1.29, 1.82) is 0 Å². The van der Waals surface area contributed by atoms with Gasteiger partial charge in [-0.25, -0.2) is 4.39 Å². The summed E-state index contributed by atoms with van der Waals surface area (Å²) in [5.41, 5.74) is 1.37. The molecule has 0 aromatic heterocycles. The van der Waals surface area contributed by atoms with Crippen LogP contribution in [0.2, 0.25) is 0 Å². The predicted molar refractivity (Wildman–Crippen MR) is 93.3 cm³/mol. The van der Waals surface area contributed by atoms with E-state index in [0.717, 1.165) is 18.4 Å². The van der Waals surface area contributed by atoms with Crippen LogP contribution in [0.5, 0.6) is 0 Å². The molecule has 2 N–H and O–H groups in total. The van der Waals surface area contributed by atoms with Gasteiger partial charge < -0.3 is 10.6 Å². The normalized spacial score (nSPS) is 10.2. The second kappa shape index (κ2) is 8.82. The number of nitrogens with one attached hydrogen (secondary N) is 2. The van der Waals surface area contributed by atoms with Crippen LogP contribution < -0.4 is 10.6 Å². The molecule has 126 valence electrons.